The van der Waals surface area contributed by atoms with Gasteiger partial charge >= 0.3 is 0 Å². The summed E-state index contributed by atoms with van der Waals surface area (Å²) in [6, 6.07) is 17.0. The molecule has 0 unspecified atom stereocenters. The van der Waals surface area contributed by atoms with Gasteiger partial charge in [-0.1, -0.05) is 0 Å². The standard InChI is InChI=1S/C26H23FN10/c1-15-3-7-24(34-33-15)31-18-4-6-23-22(11-18)30-14-36(23)25-8-5-20(21-10-17(27)13-29-21)26(32-25)37-16(2)9-19(12-28)35-37/h3-9,11,14,17,21,29H,10,13H2,1-2H3,(H,31,34)/t17-,21+/m0/s1. The van der Waals surface area contributed by atoms with E-state index >= 15 is 0 Å². The molecule has 37 heavy (non-hydrogen) atoms. The predicted molar refractivity (Wildman–Crippen MR) is 136 cm³/mol. The average molecular weight is 495 g/mol. The number of rotatable bonds is 5. The summed E-state index contributed by atoms with van der Waals surface area (Å²) >= 11 is 0. The van der Waals surface area contributed by atoms with Gasteiger partial charge in [-0.05, 0) is 68.8 Å². The number of aryl methyl sites for hydroxylation is 2. The zero-order valence-corrected chi connectivity index (χ0v) is 20.2. The van der Waals surface area contributed by atoms with Crippen molar-refractivity contribution in [1.82, 2.24) is 39.8 Å². The first kappa shape index (κ1) is 22.8. The lowest BCUT2D eigenvalue weighted by Crippen LogP contribution is -2.18. The van der Waals surface area contributed by atoms with E-state index < -0.39 is 6.17 Å². The Labute approximate surface area is 211 Å². The van der Waals surface area contributed by atoms with Gasteiger partial charge in [0.15, 0.2) is 17.3 Å². The van der Waals surface area contributed by atoms with Crippen molar-refractivity contribution in [3.63, 3.8) is 0 Å². The Bertz CT molecular complexity index is 1650. The van der Waals surface area contributed by atoms with Crippen LogP contribution in [0, 0.1) is 25.2 Å². The highest BCUT2D eigenvalue weighted by Gasteiger charge is 2.28. The number of aromatic nitrogens is 7. The monoisotopic (exact) mass is 494 g/mol. The summed E-state index contributed by atoms with van der Waals surface area (Å²) in [4.78, 5) is 9.51. The number of anilines is 2. The number of fused-ring (bicyclic) bond motifs is 1. The van der Waals surface area contributed by atoms with E-state index in [1.54, 1.807) is 17.1 Å². The summed E-state index contributed by atoms with van der Waals surface area (Å²) in [6.07, 6.45) is 1.15. The van der Waals surface area contributed by atoms with Crippen LogP contribution in [0.25, 0.3) is 22.7 Å². The Balaban J connectivity index is 1.40. The van der Waals surface area contributed by atoms with Gasteiger partial charge in [-0.3, -0.25) is 4.57 Å². The molecule has 2 atom stereocenters. The van der Waals surface area contributed by atoms with E-state index in [1.807, 2.05) is 60.9 Å². The Morgan fingerprint density at radius 3 is 2.73 bits per heavy atom. The second kappa shape index (κ2) is 9.07. The van der Waals surface area contributed by atoms with Gasteiger partial charge in [0.1, 0.15) is 24.4 Å². The number of nitriles is 1. The van der Waals surface area contributed by atoms with E-state index in [1.165, 1.54) is 0 Å². The molecule has 6 rings (SSSR count). The second-order valence-electron chi connectivity index (χ2n) is 9.07. The van der Waals surface area contributed by atoms with Gasteiger partial charge in [0.05, 0.1) is 16.7 Å². The van der Waals surface area contributed by atoms with E-state index in [2.05, 4.69) is 37.0 Å². The van der Waals surface area contributed by atoms with Crippen molar-refractivity contribution >= 4 is 22.5 Å². The van der Waals surface area contributed by atoms with Crippen LogP contribution in [0.15, 0.2) is 54.9 Å². The number of pyridine rings is 1. The van der Waals surface area contributed by atoms with Crippen molar-refractivity contribution in [2.75, 3.05) is 11.9 Å². The highest BCUT2D eigenvalue weighted by atomic mass is 19.1. The lowest BCUT2D eigenvalue weighted by molar-refractivity contribution is 0.356. The smallest absolute Gasteiger partial charge is 0.163 e. The number of alkyl halides is 1. The summed E-state index contributed by atoms with van der Waals surface area (Å²) in [5.74, 6) is 1.84. The number of hydrogen-bond acceptors (Lipinski definition) is 8. The summed E-state index contributed by atoms with van der Waals surface area (Å²) in [5, 5.41) is 28.5. The fraction of sp³-hybridized carbons (Fsp3) is 0.231. The maximum atomic E-state index is 14.0. The van der Waals surface area contributed by atoms with Crippen LogP contribution in [0.4, 0.5) is 15.9 Å². The number of benzene rings is 1. The van der Waals surface area contributed by atoms with Gasteiger partial charge in [0, 0.05) is 29.5 Å². The molecule has 4 aromatic heterocycles. The second-order valence-corrected chi connectivity index (χ2v) is 9.07. The molecule has 1 saturated heterocycles. The van der Waals surface area contributed by atoms with Crippen LogP contribution < -0.4 is 10.6 Å². The van der Waals surface area contributed by atoms with Crippen LogP contribution >= 0.6 is 0 Å². The minimum atomic E-state index is -0.919. The molecular formula is C26H23FN10. The highest BCUT2D eigenvalue weighted by molar-refractivity contribution is 5.82. The topological polar surface area (TPSA) is 122 Å². The highest BCUT2D eigenvalue weighted by Crippen LogP contribution is 2.31. The maximum absolute atomic E-state index is 14.0. The van der Waals surface area contributed by atoms with Crippen molar-refractivity contribution in [3.05, 3.63) is 77.5 Å². The third-order valence-corrected chi connectivity index (χ3v) is 6.41. The molecule has 2 N–H and O–H groups in total. The molecule has 1 aromatic carbocycles. The van der Waals surface area contributed by atoms with Crippen LogP contribution in [-0.2, 0) is 0 Å². The number of imidazole rings is 1. The molecule has 10 nitrogen and oxygen atoms in total. The minimum absolute atomic E-state index is 0.196. The van der Waals surface area contributed by atoms with Gasteiger partial charge in [-0.25, -0.2) is 19.0 Å². The molecule has 1 fully saturated rings. The molecule has 5 heterocycles. The average Bonchev–Trinajstić information content (AvgIpc) is 3.63. The number of nitrogens with zero attached hydrogens (tertiary/aromatic N) is 8. The quantitative estimate of drug-likeness (QED) is 0.376. The van der Waals surface area contributed by atoms with Crippen molar-refractivity contribution in [3.8, 4) is 17.7 Å². The van der Waals surface area contributed by atoms with Gasteiger partial charge < -0.3 is 10.6 Å². The van der Waals surface area contributed by atoms with Gasteiger partial charge in [-0.2, -0.15) is 15.5 Å². The maximum Gasteiger partial charge on any atom is 0.163 e. The van der Waals surface area contributed by atoms with Crippen LogP contribution in [0.3, 0.4) is 0 Å². The number of halogens is 1. The van der Waals surface area contributed by atoms with E-state index in [0.717, 1.165) is 33.7 Å². The van der Waals surface area contributed by atoms with E-state index in [9.17, 15) is 9.65 Å². The van der Waals surface area contributed by atoms with E-state index in [-0.39, 0.29) is 6.04 Å². The van der Waals surface area contributed by atoms with Gasteiger partial charge in [0.25, 0.3) is 0 Å². The zero-order valence-electron chi connectivity index (χ0n) is 20.2. The minimum Gasteiger partial charge on any atom is -0.339 e. The zero-order chi connectivity index (χ0) is 25.5. The predicted octanol–water partition coefficient (Wildman–Crippen LogP) is 4.00. The van der Waals surface area contributed by atoms with Crippen LogP contribution in [0.2, 0.25) is 0 Å². The van der Waals surface area contributed by atoms with Crippen molar-refractivity contribution < 1.29 is 4.39 Å². The summed E-state index contributed by atoms with van der Waals surface area (Å²) in [7, 11) is 0. The fourth-order valence-corrected chi connectivity index (χ4v) is 4.58. The van der Waals surface area contributed by atoms with Crippen molar-refractivity contribution in [2.24, 2.45) is 0 Å². The molecule has 0 aliphatic carbocycles. The molecule has 0 radical (unpaired) electrons. The molecule has 1 aliphatic heterocycles. The van der Waals surface area contributed by atoms with Crippen LogP contribution in [-0.4, -0.2) is 47.2 Å². The lowest BCUT2D eigenvalue weighted by atomic mass is 10.1. The van der Waals surface area contributed by atoms with Crippen molar-refractivity contribution in [1.29, 1.82) is 5.26 Å². The molecule has 1 aliphatic rings. The first-order valence-corrected chi connectivity index (χ1v) is 11.9. The Morgan fingerprint density at radius 2 is 2.00 bits per heavy atom. The lowest BCUT2D eigenvalue weighted by Gasteiger charge is -2.17. The molecular weight excluding hydrogens is 471 g/mol. The molecule has 0 bridgehead atoms. The molecule has 0 spiro atoms. The number of hydrogen-bond donors (Lipinski definition) is 2. The Morgan fingerprint density at radius 1 is 1.11 bits per heavy atom. The summed E-state index contributed by atoms with van der Waals surface area (Å²) in [5.41, 5.74) is 5.22. The Kier molecular flexibility index (Phi) is 5.58. The summed E-state index contributed by atoms with van der Waals surface area (Å²) in [6.45, 7) is 4.05. The SMILES string of the molecule is Cc1ccc(Nc2ccc3c(c2)ncn3-c2ccc([C@H]3C[C@H](F)CN3)c(-n3nc(C#N)cc3C)n2)nn1. The van der Waals surface area contributed by atoms with Crippen LogP contribution in [0.5, 0.6) is 0 Å². The van der Waals surface area contributed by atoms with Crippen molar-refractivity contribution in [2.45, 2.75) is 32.5 Å². The Hall–Kier alpha value is -4.69. The third-order valence-electron chi connectivity index (χ3n) is 6.41. The molecule has 5 aromatic rings. The summed E-state index contributed by atoms with van der Waals surface area (Å²) < 4.78 is 17.6. The fourth-order valence-electron chi connectivity index (χ4n) is 4.58. The van der Waals surface area contributed by atoms with E-state index in [0.29, 0.717) is 36.1 Å². The largest absolute Gasteiger partial charge is 0.339 e. The molecule has 0 amide bonds. The van der Waals surface area contributed by atoms with Gasteiger partial charge in [0.2, 0.25) is 0 Å². The first-order valence-electron chi connectivity index (χ1n) is 11.9. The van der Waals surface area contributed by atoms with E-state index in [4.69, 9.17) is 4.98 Å². The third kappa shape index (κ3) is 4.28. The van der Waals surface area contributed by atoms with Crippen LogP contribution in [0.1, 0.15) is 35.1 Å². The normalized spacial score (nSPS) is 17.2. The molecule has 184 valence electrons. The first-order chi connectivity index (χ1) is 18.0. The molecule has 0 saturated carbocycles. The van der Waals surface area contributed by atoms with Gasteiger partial charge in [-0.15, -0.1) is 5.10 Å². The number of nitrogens with one attached hydrogen (secondary N) is 2. The molecule has 11 heteroatoms.